The zero-order valence-electron chi connectivity index (χ0n) is 15.4. The Morgan fingerprint density at radius 2 is 1.56 bits per heavy atom. The summed E-state index contributed by atoms with van der Waals surface area (Å²) in [6, 6.07) is 19.3. The maximum absolute atomic E-state index is 10.5. The Bertz CT molecular complexity index is 720. The number of hydrogen-bond acceptors (Lipinski definition) is 2. The molecule has 2 bridgehead atoms. The van der Waals surface area contributed by atoms with Crippen LogP contribution in [0.1, 0.15) is 45.3 Å². The molecule has 1 saturated heterocycles. The summed E-state index contributed by atoms with van der Waals surface area (Å²) in [7, 11) is 0. The molecule has 0 radical (unpaired) electrons. The number of aliphatic hydroxyl groups excluding tert-OH is 1. The van der Waals surface area contributed by atoms with Gasteiger partial charge < -0.3 is 9.84 Å². The van der Waals surface area contributed by atoms with Crippen LogP contribution in [-0.4, -0.2) is 16.8 Å². The van der Waals surface area contributed by atoms with E-state index in [4.69, 9.17) is 4.74 Å². The average molecular weight is 336 g/mol. The molecular weight excluding hydrogens is 308 g/mol. The van der Waals surface area contributed by atoms with Crippen LogP contribution in [0.5, 0.6) is 0 Å². The summed E-state index contributed by atoms with van der Waals surface area (Å²) in [5, 5.41) is 10.5. The topological polar surface area (TPSA) is 29.5 Å². The van der Waals surface area contributed by atoms with Gasteiger partial charge >= 0.3 is 0 Å². The maximum Gasteiger partial charge on any atom is 0.0864 e. The molecule has 0 amide bonds. The highest BCUT2D eigenvalue weighted by molar-refractivity contribution is 5.63. The van der Waals surface area contributed by atoms with Gasteiger partial charge in [-0.15, -0.1) is 0 Å². The first-order valence-electron chi connectivity index (χ1n) is 9.47. The Balaban J connectivity index is 1.64. The van der Waals surface area contributed by atoms with E-state index >= 15 is 0 Å². The average Bonchev–Trinajstić information content (AvgIpc) is 2.62. The molecule has 2 nitrogen and oxygen atoms in total. The van der Waals surface area contributed by atoms with Crippen LogP contribution in [-0.2, 0) is 4.74 Å². The van der Waals surface area contributed by atoms with E-state index in [9.17, 15) is 5.11 Å². The highest BCUT2D eigenvalue weighted by atomic mass is 16.5. The Morgan fingerprint density at radius 3 is 2.24 bits per heavy atom. The second-order valence-electron chi connectivity index (χ2n) is 8.39. The molecule has 1 heterocycles. The number of fused-ring (bicyclic) bond motifs is 2. The molecule has 1 aliphatic carbocycles. The van der Waals surface area contributed by atoms with Crippen molar-refractivity contribution in [3.8, 4) is 11.1 Å². The van der Waals surface area contributed by atoms with Gasteiger partial charge in [0.1, 0.15) is 0 Å². The highest BCUT2D eigenvalue weighted by Gasteiger charge is 2.50. The monoisotopic (exact) mass is 336 g/mol. The zero-order chi connectivity index (χ0) is 17.6. The van der Waals surface area contributed by atoms with E-state index < -0.39 is 0 Å². The van der Waals surface area contributed by atoms with Crippen LogP contribution < -0.4 is 0 Å². The lowest BCUT2D eigenvalue weighted by molar-refractivity contribution is -0.215. The van der Waals surface area contributed by atoms with E-state index in [1.54, 1.807) is 0 Å². The van der Waals surface area contributed by atoms with Crippen LogP contribution in [0.3, 0.4) is 0 Å². The molecule has 2 heteroatoms. The van der Waals surface area contributed by atoms with E-state index in [2.05, 4.69) is 69.3 Å². The van der Waals surface area contributed by atoms with Crippen molar-refractivity contribution in [2.45, 2.75) is 51.4 Å². The third-order valence-corrected chi connectivity index (χ3v) is 6.51. The summed E-state index contributed by atoms with van der Waals surface area (Å²) < 4.78 is 6.58. The maximum atomic E-state index is 10.5. The van der Waals surface area contributed by atoms with E-state index in [1.165, 1.54) is 16.7 Å². The Kier molecular flexibility index (Phi) is 4.21. The van der Waals surface area contributed by atoms with Crippen molar-refractivity contribution in [1.29, 1.82) is 0 Å². The van der Waals surface area contributed by atoms with Crippen molar-refractivity contribution in [3.05, 3.63) is 60.2 Å². The number of aliphatic hydroxyl groups is 1. The minimum atomic E-state index is -0.210. The molecule has 1 aliphatic heterocycles. The van der Waals surface area contributed by atoms with Crippen LogP contribution in [0.25, 0.3) is 11.1 Å². The van der Waals surface area contributed by atoms with E-state index in [0.717, 1.165) is 12.8 Å². The van der Waals surface area contributed by atoms with Crippen molar-refractivity contribution >= 4 is 0 Å². The normalized spacial score (nSPS) is 33.8. The summed E-state index contributed by atoms with van der Waals surface area (Å²) in [4.78, 5) is 0. The predicted octanol–water partition coefficient (Wildman–Crippen LogP) is 5.23. The third-order valence-electron chi connectivity index (χ3n) is 6.51. The first-order valence-corrected chi connectivity index (χ1v) is 9.47. The van der Waals surface area contributed by atoms with Crippen molar-refractivity contribution < 1.29 is 9.84 Å². The van der Waals surface area contributed by atoms with Crippen LogP contribution >= 0.6 is 0 Å². The molecule has 0 unspecified atom stereocenters. The smallest absolute Gasteiger partial charge is 0.0864 e. The van der Waals surface area contributed by atoms with Gasteiger partial charge in [-0.1, -0.05) is 61.5 Å². The SMILES string of the molecule is C[C@H]1[C@H]2C[C@@H](C[C@@H]1O)C(C)(C)O[C@H]2c1ccc(-c2ccccc2)cc1. The molecule has 2 aliphatic rings. The third kappa shape index (κ3) is 3.02. The molecule has 4 rings (SSSR count). The van der Waals surface area contributed by atoms with E-state index in [1.807, 2.05) is 6.07 Å². The molecule has 1 N–H and O–H groups in total. The fraction of sp³-hybridized carbons (Fsp3) is 0.478. The van der Waals surface area contributed by atoms with Crippen molar-refractivity contribution in [3.63, 3.8) is 0 Å². The first kappa shape index (κ1) is 16.8. The lowest BCUT2D eigenvalue weighted by Gasteiger charge is -2.53. The van der Waals surface area contributed by atoms with Crippen molar-refractivity contribution in [2.24, 2.45) is 17.8 Å². The minimum absolute atomic E-state index is 0.0704. The van der Waals surface area contributed by atoms with Crippen LogP contribution in [0, 0.1) is 17.8 Å². The Morgan fingerprint density at radius 1 is 0.920 bits per heavy atom. The van der Waals surface area contributed by atoms with Gasteiger partial charge in [0.15, 0.2) is 0 Å². The van der Waals surface area contributed by atoms with E-state index in [0.29, 0.717) is 11.8 Å². The summed E-state index contributed by atoms with van der Waals surface area (Å²) in [6.45, 7) is 6.54. The van der Waals surface area contributed by atoms with Crippen molar-refractivity contribution in [1.82, 2.24) is 0 Å². The minimum Gasteiger partial charge on any atom is -0.393 e. The predicted molar refractivity (Wildman–Crippen MR) is 101 cm³/mol. The number of benzene rings is 2. The quantitative estimate of drug-likeness (QED) is 0.814. The highest BCUT2D eigenvalue weighted by Crippen LogP contribution is 2.53. The molecule has 5 atom stereocenters. The van der Waals surface area contributed by atoms with Crippen molar-refractivity contribution in [2.75, 3.05) is 0 Å². The summed E-state index contributed by atoms with van der Waals surface area (Å²) in [6.07, 6.45) is 1.87. The molecule has 0 aromatic heterocycles. The van der Waals surface area contributed by atoms with Gasteiger partial charge in [-0.25, -0.2) is 0 Å². The molecule has 2 aromatic carbocycles. The van der Waals surface area contributed by atoms with Crippen LogP contribution in [0.15, 0.2) is 54.6 Å². The summed E-state index contributed by atoms with van der Waals surface area (Å²) in [5.74, 6) is 1.12. The molecule has 0 spiro atoms. The zero-order valence-corrected chi connectivity index (χ0v) is 15.4. The lowest BCUT2D eigenvalue weighted by atomic mass is 9.63. The lowest BCUT2D eigenvalue weighted by Crippen LogP contribution is -2.52. The number of rotatable bonds is 2. The fourth-order valence-electron chi connectivity index (χ4n) is 4.72. The van der Waals surface area contributed by atoms with Gasteiger partial charge in [0, 0.05) is 0 Å². The Hall–Kier alpha value is -1.64. The second kappa shape index (κ2) is 6.26. The fourth-order valence-corrected chi connectivity index (χ4v) is 4.72. The van der Waals surface area contributed by atoms with Crippen LogP contribution in [0.2, 0.25) is 0 Å². The molecule has 2 fully saturated rings. The molecular formula is C23H28O2. The van der Waals surface area contributed by atoms with Gasteiger partial charge in [0.05, 0.1) is 17.8 Å². The number of hydrogen-bond donors (Lipinski definition) is 1. The second-order valence-corrected chi connectivity index (χ2v) is 8.39. The largest absolute Gasteiger partial charge is 0.393 e. The first-order chi connectivity index (χ1) is 12.0. The van der Waals surface area contributed by atoms with E-state index in [-0.39, 0.29) is 23.7 Å². The van der Waals surface area contributed by atoms with Gasteiger partial charge in [-0.3, -0.25) is 0 Å². The standard InChI is InChI=1S/C23H28O2/c1-15-20-13-19(14-21(15)24)23(2,3)25-22(20)18-11-9-17(10-12-18)16-7-5-4-6-8-16/h4-12,15,19-22,24H,13-14H2,1-3H3/t15-,19-,20+,21-,22-/m0/s1. The summed E-state index contributed by atoms with van der Waals surface area (Å²) in [5.41, 5.74) is 3.52. The molecule has 25 heavy (non-hydrogen) atoms. The van der Waals surface area contributed by atoms with Crippen LogP contribution in [0.4, 0.5) is 0 Å². The molecule has 2 aromatic rings. The molecule has 1 saturated carbocycles. The van der Waals surface area contributed by atoms with Gasteiger partial charge in [0.2, 0.25) is 0 Å². The molecule has 132 valence electrons. The number of ether oxygens (including phenoxy) is 1. The van der Waals surface area contributed by atoms with Gasteiger partial charge in [-0.05, 0) is 61.1 Å². The summed E-state index contributed by atoms with van der Waals surface area (Å²) >= 11 is 0. The van der Waals surface area contributed by atoms with Gasteiger partial charge in [-0.2, -0.15) is 0 Å². The Labute approximate surface area is 150 Å². The van der Waals surface area contributed by atoms with Gasteiger partial charge in [0.25, 0.3) is 0 Å².